The Bertz CT molecular complexity index is 835. The SMILES string of the molecule is COCCC(=O)N1CCC[C@@H](C(=O)Nc2ccc(-c3cccc(OC)c3)cc2)C1. The zero-order chi connectivity index (χ0) is 20.6. The second-order valence-electron chi connectivity index (χ2n) is 7.22. The molecule has 1 fully saturated rings. The zero-order valence-electron chi connectivity index (χ0n) is 17.0. The van der Waals surface area contributed by atoms with Crippen LogP contribution in [0.15, 0.2) is 48.5 Å². The summed E-state index contributed by atoms with van der Waals surface area (Å²) in [6.45, 7) is 1.59. The molecule has 1 aliphatic rings. The molecule has 6 heteroatoms. The van der Waals surface area contributed by atoms with Crippen LogP contribution in [-0.4, -0.2) is 50.6 Å². The van der Waals surface area contributed by atoms with Crippen LogP contribution in [0.2, 0.25) is 0 Å². The first kappa shape index (κ1) is 20.9. The van der Waals surface area contributed by atoms with Crippen molar-refractivity contribution in [1.82, 2.24) is 4.90 Å². The van der Waals surface area contributed by atoms with E-state index in [-0.39, 0.29) is 17.7 Å². The molecule has 0 saturated carbocycles. The number of carbonyl (C=O) groups excluding carboxylic acids is 2. The molecule has 1 aliphatic heterocycles. The third kappa shape index (κ3) is 5.57. The number of rotatable bonds is 7. The highest BCUT2D eigenvalue weighted by Crippen LogP contribution is 2.26. The van der Waals surface area contributed by atoms with Crippen LogP contribution < -0.4 is 10.1 Å². The van der Waals surface area contributed by atoms with Crippen molar-refractivity contribution in [3.05, 3.63) is 48.5 Å². The Morgan fingerprint density at radius 1 is 1.10 bits per heavy atom. The summed E-state index contributed by atoms with van der Waals surface area (Å²) in [5.74, 6) is 0.630. The van der Waals surface area contributed by atoms with Gasteiger partial charge in [0.15, 0.2) is 0 Å². The van der Waals surface area contributed by atoms with E-state index in [1.807, 2.05) is 48.5 Å². The van der Waals surface area contributed by atoms with Crippen LogP contribution in [0.4, 0.5) is 5.69 Å². The molecular formula is C23H28N2O4. The minimum absolute atomic E-state index is 0.0385. The standard InChI is InChI=1S/C23H28N2O4/c1-28-14-12-22(26)25-13-4-6-19(16-25)23(27)24-20-10-8-17(9-11-20)18-5-3-7-21(15-18)29-2/h3,5,7-11,15,19H,4,6,12-14,16H2,1-2H3,(H,24,27)/t19-/m1/s1. The molecule has 3 rings (SSSR count). The monoisotopic (exact) mass is 396 g/mol. The highest BCUT2D eigenvalue weighted by atomic mass is 16.5. The topological polar surface area (TPSA) is 67.9 Å². The smallest absolute Gasteiger partial charge is 0.229 e. The lowest BCUT2D eigenvalue weighted by Gasteiger charge is -2.32. The van der Waals surface area contributed by atoms with E-state index in [0.717, 1.165) is 35.4 Å². The molecule has 29 heavy (non-hydrogen) atoms. The first-order chi connectivity index (χ1) is 14.1. The third-order valence-electron chi connectivity index (χ3n) is 5.22. The van der Waals surface area contributed by atoms with Gasteiger partial charge in [-0.15, -0.1) is 0 Å². The number of nitrogens with one attached hydrogen (secondary N) is 1. The number of nitrogens with zero attached hydrogens (tertiary/aromatic N) is 1. The summed E-state index contributed by atoms with van der Waals surface area (Å²) in [6.07, 6.45) is 1.99. The maximum atomic E-state index is 12.7. The van der Waals surface area contributed by atoms with E-state index in [1.54, 1.807) is 19.1 Å². The first-order valence-electron chi connectivity index (χ1n) is 9.93. The molecule has 1 saturated heterocycles. The van der Waals surface area contributed by atoms with Gasteiger partial charge in [-0.1, -0.05) is 24.3 Å². The van der Waals surface area contributed by atoms with Gasteiger partial charge >= 0.3 is 0 Å². The molecule has 2 aromatic rings. The Hall–Kier alpha value is -2.86. The van der Waals surface area contributed by atoms with Crippen molar-refractivity contribution >= 4 is 17.5 Å². The van der Waals surface area contributed by atoms with Crippen molar-refractivity contribution in [1.29, 1.82) is 0 Å². The van der Waals surface area contributed by atoms with Gasteiger partial charge in [-0.2, -0.15) is 0 Å². The molecule has 0 radical (unpaired) electrons. The summed E-state index contributed by atoms with van der Waals surface area (Å²) in [4.78, 5) is 26.7. The van der Waals surface area contributed by atoms with Crippen LogP contribution >= 0.6 is 0 Å². The van der Waals surface area contributed by atoms with Gasteiger partial charge in [0.05, 0.1) is 26.1 Å². The molecule has 1 N–H and O–H groups in total. The molecule has 2 amide bonds. The molecule has 1 heterocycles. The van der Waals surface area contributed by atoms with E-state index in [9.17, 15) is 9.59 Å². The average Bonchev–Trinajstić information content (AvgIpc) is 2.78. The lowest BCUT2D eigenvalue weighted by molar-refractivity contribution is -0.135. The van der Waals surface area contributed by atoms with Gasteiger partial charge in [-0.3, -0.25) is 9.59 Å². The van der Waals surface area contributed by atoms with Gasteiger partial charge in [-0.05, 0) is 48.2 Å². The number of hydrogen-bond donors (Lipinski definition) is 1. The predicted octanol–water partition coefficient (Wildman–Crippen LogP) is 3.58. The number of anilines is 1. The van der Waals surface area contributed by atoms with Crippen LogP contribution in [0.3, 0.4) is 0 Å². The number of benzene rings is 2. The molecule has 0 spiro atoms. The van der Waals surface area contributed by atoms with Crippen molar-refractivity contribution in [3.8, 4) is 16.9 Å². The van der Waals surface area contributed by atoms with E-state index >= 15 is 0 Å². The summed E-state index contributed by atoms with van der Waals surface area (Å²) in [5, 5.41) is 2.99. The highest BCUT2D eigenvalue weighted by molar-refractivity contribution is 5.93. The molecule has 154 valence electrons. The number of methoxy groups -OCH3 is 2. The maximum absolute atomic E-state index is 12.7. The molecular weight excluding hydrogens is 368 g/mol. The number of amides is 2. The van der Waals surface area contributed by atoms with Crippen LogP contribution in [0, 0.1) is 5.92 Å². The maximum Gasteiger partial charge on any atom is 0.229 e. The predicted molar refractivity (Wildman–Crippen MR) is 113 cm³/mol. The van der Waals surface area contributed by atoms with Gasteiger partial charge in [0.25, 0.3) is 0 Å². The molecule has 0 aliphatic carbocycles. The normalized spacial score (nSPS) is 16.3. The second-order valence-corrected chi connectivity index (χ2v) is 7.22. The minimum atomic E-state index is -0.187. The average molecular weight is 396 g/mol. The highest BCUT2D eigenvalue weighted by Gasteiger charge is 2.28. The van der Waals surface area contributed by atoms with Crippen LogP contribution in [0.1, 0.15) is 19.3 Å². The summed E-state index contributed by atoms with van der Waals surface area (Å²) in [7, 11) is 3.23. The van der Waals surface area contributed by atoms with Crippen molar-refractivity contribution in [3.63, 3.8) is 0 Å². The molecule has 0 unspecified atom stereocenters. The van der Waals surface area contributed by atoms with Gasteiger partial charge in [0.1, 0.15) is 5.75 Å². The molecule has 0 aromatic heterocycles. The van der Waals surface area contributed by atoms with Crippen LogP contribution in [-0.2, 0) is 14.3 Å². The first-order valence-corrected chi connectivity index (χ1v) is 9.93. The Morgan fingerprint density at radius 2 is 1.90 bits per heavy atom. The van der Waals surface area contributed by atoms with Gasteiger partial charge in [0, 0.05) is 25.9 Å². The Kier molecular flexibility index (Phi) is 7.25. The lowest BCUT2D eigenvalue weighted by Crippen LogP contribution is -2.44. The van der Waals surface area contributed by atoms with Crippen molar-refractivity contribution in [2.24, 2.45) is 5.92 Å². The van der Waals surface area contributed by atoms with Gasteiger partial charge < -0.3 is 19.7 Å². The second kappa shape index (κ2) is 10.1. The zero-order valence-corrected chi connectivity index (χ0v) is 17.0. The Morgan fingerprint density at radius 3 is 2.62 bits per heavy atom. The third-order valence-corrected chi connectivity index (χ3v) is 5.22. The summed E-state index contributed by atoms with van der Waals surface area (Å²) < 4.78 is 10.3. The Labute approximate surface area is 171 Å². The fraction of sp³-hybridized carbons (Fsp3) is 0.391. The van der Waals surface area contributed by atoms with E-state index in [2.05, 4.69) is 5.32 Å². The number of ether oxygens (including phenoxy) is 2. The van der Waals surface area contributed by atoms with E-state index in [1.165, 1.54) is 0 Å². The van der Waals surface area contributed by atoms with E-state index in [4.69, 9.17) is 9.47 Å². The quantitative estimate of drug-likeness (QED) is 0.777. The number of carbonyl (C=O) groups is 2. The summed E-state index contributed by atoms with van der Waals surface area (Å²) >= 11 is 0. The van der Waals surface area contributed by atoms with Crippen LogP contribution in [0.5, 0.6) is 5.75 Å². The van der Waals surface area contributed by atoms with Crippen molar-refractivity contribution in [2.45, 2.75) is 19.3 Å². The van der Waals surface area contributed by atoms with Gasteiger partial charge in [-0.25, -0.2) is 0 Å². The largest absolute Gasteiger partial charge is 0.497 e. The van der Waals surface area contributed by atoms with E-state index < -0.39 is 0 Å². The fourth-order valence-corrected chi connectivity index (χ4v) is 3.56. The van der Waals surface area contributed by atoms with Gasteiger partial charge in [0.2, 0.25) is 11.8 Å². The number of likely N-dealkylation sites (tertiary alicyclic amines) is 1. The van der Waals surface area contributed by atoms with Crippen molar-refractivity contribution < 1.29 is 19.1 Å². The fourth-order valence-electron chi connectivity index (χ4n) is 3.56. The Balaban J connectivity index is 1.59. The number of hydrogen-bond acceptors (Lipinski definition) is 4. The molecule has 1 atom stereocenters. The molecule has 2 aromatic carbocycles. The summed E-state index contributed by atoms with van der Waals surface area (Å²) in [6, 6.07) is 15.6. The van der Waals surface area contributed by atoms with E-state index in [0.29, 0.717) is 26.1 Å². The summed E-state index contributed by atoms with van der Waals surface area (Å²) in [5.41, 5.74) is 2.86. The lowest BCUT2D eigenvalue weighted by atomic mass is 9.96. The minimum Gasteiger partial charge on any atom is -0.497 e. The molecule has 0 bridgehead atoms. The molecule has 6 nitrogen and oxygen atoms in total. The number of piperidine rings is 1. The van der Waals surface area contributed by atoms with Crippen molar-refractivity contribution in [2.75, 3.05) is 39.2 Å². The van der Waals surface area contributed by atoms with Crippen LogP contribution in [0.25, 0.3) is 11.1 Å².